The van der Waals surface area contributed by atoms with Gasteiger partial charge >= 0.3 is 35.8 Å². The molecule has 0 saturated heterocycles. The normalized spacial score (nSPS) is 22.3. The van der Waals surface area contributed by atoms with E-state index in [2.05, 4.69) is 25.1 Å². The van der Waals surface area contributed by atoms with Gasteiger partial charge < -0.3 is 55.7 Å². The Kier molecular flexibility index (Phi) is 40.0. The Balaban J connectivity index is 0.00000118. The molecule has 0 N–H and O–H groups in total. The summed E-state index contributed by atoms with van der Waals surface area (Å²) >= 11 is 0. The topological polar surface area (TPSA) is 576 Å². The Hall–Kier alpha value is -6.54. The van der Waals surface area contributed by atoms with E-state index in [0.717, 1.165) is 42.7 Å². The Morgan fingerprint density at radius 1 is 0.343 bits per heavy atom. The number of nitrogens with zero attached hydrogens (tertiary/aromatic N) is 6. The van der Waals surface area contributed by atoms with Crippen molar-refractivity contribution in [2.75, 3.05) is 163 Å². The van der Waals surface area contributed by atoms with Crippen LogP contribution in [0, 0.1) is 37.5 Å². The van der Waals surface area contributed by atoms with Crippen LogP contribution in [0.15, 0.2) is 70.9 Å². The maximum absolute atomic E-state index is 14.5. The minimum atomic E-state index is -4.41. The van der Waals surface area contributed by atoms with Gasteiger partial charge in [-0.2, -0.15) is 0 Å². The molecular weight excluding hydrogens is 1500 g/mol. The first-order chi connectivity index (χ1) is 47.0. The van der Waals surface area contributed by atoms with Crippen LogP contribution in [0.1, 0.15) is 0 Å². The molecule has 6 heterocycles. The van der Waals surface area contributed by atoms with Crippen LogP contribution < -0.4 is 0 Å². The lowest BCUT2D eigenvalue weighted by atomic mass is 9.83. The largest absolute Gasteiger partial charge is 0.726 e. The fourth-order valence-corrected chi connectivity index (χ4v) is 8.62. The molecule has 102 heavy (non-hydrogen) atoms. The van der Waals surface area contributed by atoms with Crippen LogP contribution in [0.2, 0.25) is 0 Å². The highest BCUT2D eigenvalue weighted by Gasteiger charge is 2.64. The summed E-state index contributed by atoms with van der Waals surface area (Å²) in [4.78, 5) is 98.0. The molecule has 48 heteroatoms. The standard InChI is InChI=1S/C48H60N6O12.6CH4O4S/c1-49-19-7-13-31(25-49)43(55)61-37-38(62-44(56)32-14-8-20-50(2)26-32)40(64-46(58)34-16-10-22-52(4)28-34)42(66-48(60)36-18-12-24-54(6)30-36)41(65-47(59)35-17-11-23-53(5)29-35)39(37)63-45(57)33-15-9-21-51(3)27-33;6*1-5-6(2,3)4/h7-18,37-42H,19-30H2,1-6H3;6*1H3,(H,2,3,4)/q+6;;;;;;/p-6. The van der Waals surface area contributed by atoms with Crippen molar-refractivity contribution < 1.29 is 160 Å². The van der Waals surface area contributed by atoms with Crippen molar-refractivity contribution in [1.82, 2.24) is 29.4 Å². The first kappa shape index (κ1) is 93.5. The minimum Gasteiger partial charge on any atom is -0.726 e. The number of carbonyl (C=O) groups excluding carboxylic acids is 6. The lowest BCUT2D eigenvalue weighted by Gasteiger charge is -2.46. The van der Waals surface area contributed by atoms with Gasteiger partial charge in [-0.3, -0.25) is 54.5 Å². The number of esters is 6. The zero-order valence-electron chi connectivity index (χ0n) is 56.7. The van der Waals surface area contributed by atoms with Crippen LogP contribution in [0.25, 0.3) is 0 Å². The zero-order valence-corrected chi connectivity index (χ0v) is 61.6. The smallest absolute Gasteiger partial charge is 0.421 e. The van der Waals surface area contributed by atoms with Crippen molar-refractivity contribution in [2.45, 2.75) is 36.6 Å². The molecule has 6 unspecified atom stereocenters. The van der Waals surface area contributed by atoms with Gasteiger partial charge in [-0.25, -0.2) is 79.3 Å². The van der Waals surface area contributed by atoms with Crippen molar-refractivity contribution in [3.63, 3.8) is 0 Å². The van der Waals surface area contributed by atoms with Crippen LogP contribution in [-0.2, 0) is 145 Å². The molecule has 6 atom stereocenters. The maximum Gasteiger partial charge on any atom is 0.421 e. The average molecular weight is 1580 g/mol. The molecular formula is C54H78N6O36S6. The highest BCUT2D eigenvalue weighted by Crippen LogP contribution is 2.38. The summed E-state index contributed by atoms with van der Waals surface area (Å²) in [5.74, 6) is -4.77. The molecule has 0 aromatic heterocycles. The van der Waals surface area contributed by atoms with Crippen LogP contribution in [0.5, 0.6) is 0 Å². The van der Waals surface area contributed by atoms with Crippen LogP contribution in [0.4, 0.5) is 0 Å². The highest BCUT2D eigenvalue weighted by molar-refractivity contribution is 7.81. The fraction of sp³-hybridized carbons (Fsp3) is 0.556. The number of hydrogen-bond acceptors (Lipinski definition) is 42. The SMILES string of the molecule is CN1C[CH+]C=C(C(=O)OC2C(OC(=O)C3=C[CH+]CN(C)C3)C(OC(=O)C3=C[CH+]CN(C)C3)C(OC(=O)[C+]3C=CCN(C)C3)C(OC(=O)[C+]3C=CCN(C)C3)C2OC(=O)C2=C[CH+]CN(C)C2)C1.COS(=O)(=O)[O-].COS(=O)(=O)[O-].COS(=O)(=O)[O-].COS(=O)(=O)[O-].COS(=O)(=O)[O-].COS(=O)(=O)[O-]. The lowest BCUT2D eigenvalue weighted by Crippen LogP contribution is -2.69. The van der Waals surface area contributed by atoms with Gasteiger partial charge in [-0.15, -0.1) is 0 Å². The molecule has 0 bridgehead atoms. The first-order valence-corrected chi connectivity index (χ1v) is 36.6. The van der Waals surface area contributed by atoms with Gasteiger partial charge in [0.05, 0.1) is 120 Å². The summed E-state index contributed by atoms with van der Waals surface area (Å²) in [6.45, 7) is 4.39. The van der Waals surface area contributed by atoms with Crippen molar-refractivity contribution >= 4 is 98.2 Å². The summed E-state index contributed by atoms with van der Waals surface area (Å²) < 4.78 is 224. The average Bonchev–Trinajstić information content (AvgIpc) is 0.749. The summed E-state index contributed by atoms with van der Waals surface area (Å²) in [6, 6.07) is 0. The number of hydrogen-bond donors (Lipinski definition) is 0. The van der Waals surface area contributed by atoms with Crippen molar-refractivity contribution in [1.29, 1.82) is 0 Å². The summed E-state index contributed by atoms with van der Waals surface area (Å²) in [7, 11) is -10.7. The molecule has 1 aliphatic carbocycles. The lowest BCUT2D eigenvalue weighted by molar-refractivity contribution is -0.258. The van der Waals surface area contributed by atoms with Crippen molar-refractivity contribution in [2.24, 2.45) is 0 Å². The number of ether oxygens (including phenoxy) is 6. The third-order valence-corrected chi connectivity index (χ3v) is 15.7. The van der Waals surface area contributed by atoms with Gasteiger partial charge in [-0.1, -0.05) is 0 Å². The Morgan fingerprint density at radius 2 is 0.520 bits per heavy atom. The first-order valence-electron chi connectivity index (χ1n) is 28.6. The third-order valence-electron chi connectivity index (χ3n) is 13.3. The summed E-state index contributed by atoms with van der Waals surface area (Å²) in [5.41, 5.74) is 0.865. The molecule has 7 aliphatic rings. The molecule has 1 saturated carbocycles. The Bertz CT molecular complexity index is 3310. The second-order valence-corrected chi connectivity index (χ2v) is 28.3. The van der Waals surface area contributed by atoms with Gasteiger partial charge in [0.1, 0.15) is 75.7 Å². The van der Waals surface area contributed by atoms with Gasteiger partial charge in [-0.05, 0) is 42.3 Å². The van der Waals surface area contributed by atoms with E-state index in [1.54, 1.807) is 74.3 Å². The number of rotatable bonds is 18. The molecule has 6 aliphatic heterocycles. The van der Waals surface area contributed by atoms with Gasteiger partial charge in [0.25, 0.3) is 0 Å². The predicted molar refractivity (Wildman–Crippen MR) is 339 cm³/mol. The monoisotopic (exact) mass is 1580 g/mol. The fourth-order valence-electron chi connectivity index (χ4n) is 8.62. The van der Waals surface area contributed by atoms with E-state index in [-0.39, 0.29) is 73.4 Å². The van der Waals surface area contributed by atoms with Gasteiger partial charge in [0.15, 0.2) is 70.8 Å². The molecule has 0 radical (unpaired) electrons. The minimum absolute atomic E-state index is 0.176. The van der Waals surface area contributed by atoms with E-state index in [4.69, 9.17) is 28.4 Å². The molecule has 0 aromatic carbocycles. The predicted octanol–water partition coefficient (Wildman–Crippen LogP) is -5.51. The maximum atomic E-state index is 14.5. The molecule has 42 nitrogen and oxygen atoms in total. The van der Waals surface area contributed by atoms with Crippen LogP contribution >= 0.6 is 0 Å². The Labute approximate surface area is 593 Å². The van der Waals surface area contributed by atoms with E-state index in [1.165, 1.54) is 0 Å². The van der Waals surface area contributed by atoms with E-state index < -0.39 is 135 Å². The molecule has 1 fully saturated rings. The van der Waals surface area contributed by atoms with Gasteiger partial charge in [0, 0.05) is 0 Å². The Morgan fingerprint density at radius 3 is 0.676 bits per heavy atom. The second kappa shape index (κ2) is 43.7. The van der Waals surface area contributed by atoms with Gasteiger partial charge in [0.2, 0.25) is 62.4 Å². The molecule has 0 aromatic rings. The van der Waals surface area contributed by atoms with Crippen molar-refractivity contribution in [3.05, 3.63) is 108 Å². The number of carbonyl (C=O) groups is 6. The van der Waals surface area contributed by atoms with E-state index in [0.29, 0.717) is 39.3 Å². The van der Waals surface area contributed by atoms with E-state index in [9.17, 15) is 107 Å². The summed E-state index contributed by atoms with van der Waals surface area (Å²) in [5, 5.41) is 0. The van der Waals surface area contributed by atoms with E-state index >= 15 is 0 Å². The third kappa shape index (κ3) is 38.8. The highest BCUT2D eigenvalue weighted by atomic mass is 32.3. The zero-order chi connectivity index (χ0) is 78.3. The van der Waals surface area contributed by atoms with E-state index in [1.807, 2.05) is 71.7 Å². The summed E-state index contributed by atoms with van der Waals surface area (Å²) in [6.07, 6.45) is 9.40. The van der Waals surface area contributed by atoms with Crippen LogP contribution in [-0.4, -0.2) is 343 Å². The number of likely N-dealkylation sites (N-methyl/N-ethyl adjacent to an activating group) is 6. The van der Waals surface area contributed by atoms with Crippen LogP contribution in [0.3, 0.4) is 0 Å². The second-order valence-electron chi connectivity index (χ2n) is 21.4. The quantitative estimate of drug-likeness (QED) is 0.0406. The molecule has 0 spiro atoms. The molecule has 7 rings (SSSR count). The molecule has 576 valence electrons. The molecule has 0 amide bonds. The van der Waals surface area contributed by atoms with Crippen molar-refractivity contribution in [3.8, 4) is 0 Å².